The average Bonchev–Trinajstić information content (AvgIpc) is 2.67. The number of hydrogen-bond acceptors (Lipinski definition) is 7. The van der Waals surface area contributed by atoms with Gasteiger partial charge in [-0.2, -0.15) is 0 Å². The van der Waals surface area contributed by atoms with E-state index in [1.165, 1.54) is 12.1 Å². The van der Waals surface area contributed by atoms with E-state index in [1.807, 2.05) is 4.90 Å². The lowest BCUT2D eigenvalue weighted by molar-refractivity contribution is -0.384. The van der Waals surface area contributed by atoms with E-state index in [2.05, 4.69) is 15.3 Å². The van der Waals surface area contributed by atoms with Crippen LogP contribution in [0.5, 0.6) is 0 Å². The minimum atomic E-state index is -0.568. The molecule has 0 bridgehead atoms. The Labute approximate surface area is 154 Å². The molecule has 1 N–H and O–H groups in total. The Hall–Kier alpha value is -2.78. The molecule has 1 saturated heterocycles. The maximum atomic E-state index is 12.3. The molecule has 1 aromatic carbocycles. The number of nitro groups is 1. The van der Waals surface area contributed by atoms with Gasteiger partial charge in [0.1, 0.15) is 0 Å². The van der Waals surface area contributed by atoms with Gasteiger partial charge in [-0.3, -0.25) is 14.9 Å². The number of nitrogens with one attached hydrogen (secondary N) is 1. The first-order valence-corrected chi connectivity index (χ1v) is 8.29. The van der Waals surface area contributed by atoms with Gasteiger partial charge in [-0.25, -0.2) is 9.97 Å². The third kappa shape index (κ3) is 4.24. The normalized spacial score (nSPS) is 14.1. The molecule has 0 unspecified atom stereocenters. The summed E-state index contributed by atoms with van der Waals surface area (Å²) in [5, 5.41) is 13.5. The van der Waals surface area contributed by atoms with E-state index in [9.17, 15) is 14.9 Å². The summed E-state index contributed by atoms with van der Waals surface area (Å²) in [5.74, 6) is 0.157. The molecular weight excluding hydrogens is 362 g/mol. The number of hydrogen-bond donors (Lipinski definition) is 1. The van der Waals surface area contributed by atoms with Crippen LogP contribution in [0.4, 0.5) is 11.6 Å². The molecule has 136 valence electrons. The van der Waals surface area contributed by atoms with Crippen molar-refractivity contribution in [2.45, 2.75) is 6.54 Å². The maximum absolute atomic E-state index is 12.3. The summed E-state index contributed by atoms with van der Waals surface area (Å²) in [6, 6.07) is 5.43. The number of ether oxygens (including phenoxy) is 1. The molecule has 1 aliphatic rings. The molecule has 0 atom stereocenters. The van der Waals surface area contributed by atoms with Crippen molar-refractivity contribution in [1.29, 1.82) is 0 Å². The third-order valence-electron chi connectivity index (χ3n) is 3.83. The minimum Gasteiger partial charge on any atom is -0.378 e. The van der Waals surface area contributed by atoms with E-state index < -0.39 is 10.8 Å². The van der Waals surface area contributed by atoms with Gasteiger partial charge in [0.25, 0.3) is 11.6 Å². The van der Waals surface area contributed by atoms with Gasteiger partial charge in [-0.15, -0.1) is 0 Å². The largest absolute Gasteiger partial charge is 0.378 e. The molecule has 0 radical (unpaired) electrons. The summed E-state index contributed by atoms with van der Waals surface area (Å²) in [5.41, 5.74) is 0.644. The number of nitro benzene ring substituents is 1. The summed E-state index contributed by atoms with van der Waals surface area (Å²) in [4.78, 5) is 33.1. The fourth-order valence-electron chi connectivity index (χ4n) is 2.47. The molecule has 1 amide bonds. The molecule has 9 nitrogen and oxygen atoms in total. The first-order valence-electron chi connectivity index (χ1n) is 7.91. The number of nitrogens with zero attached hydrogens (tertiary/aromatic N) is 4. The van der Waals surface area contributed by atoms with Gasteiger partial charge in [0.2, 0.25) is 5.95 Å². The Bertz CT molecular complexity index is 826. The fraction of sp³-hybridized carbons (Fsp3) is 0.312. The van der Waals surface area contributed by atoms with Gasteiger partial charge in [0.15, 0.2) is 0 Å². The molecule has 2 heterocycles. The van der Waals surface area contributed by atoms with Gasteiger partial charge in [0.05, 0.1) is 41.0 Å². The van der Waals surface area contributed by atoms with Crippen LogP contribution in [0, 0.1) is 10.1 Å². The number of morpholine rings is 1. The Morgan fingerprint density at radius 3 is 2.81 bits per heavy atom. The summed E-state index contributed by atoms with van der Waals surface area (Å²) in [7, 11) is 0. The average molecular weight is 378 g/mol. The van der Waals surface area contributed by atoms with Crippen molar-refractivity contribution in [3.05, 3.63) is 56.9 Å². The molecule has 3 rings (SSSR count). The molecule has 1 aliphatic heterocycles. The number of carbonyl (C=O) groups is 1. The molecule has 1 aromatic heterocycles. The van der Waals surface area contributed by atoms with Crippen molar-refractivity contribution in [3.63, 3.8) is 0 Å². The lowest BCUT2D eigenvalue weighted by Crippen LogP contribution is -2.37. The van der Waals surface area contributed by atoms with Crippen LogP contribution < -0.4 is 10.2 Å². The van der Waals surface area contributed by atoms with Crippen LogP contribution in [0.2, 0.25) is 5.02 Å². The molecular formula is C16H16ClN5O4. The predicted molar refractivity (Wildman–Crippen MR) is 94.3 cm³/mol. The van der Waals surface area contributed by atoms with Crippen molar-refractivity contribution in [2.75, 3.05) is 31.2 Å². The van der Waals surface area contributed by atoms with Crippen molar-refractivity contribution in [3.8, 4) is 0 Å². The van der Waals surface area contributed by atoms with Crippen LogP contribution >= 0.6 is 11.6 Å². The van der Waals surface area contributed by atoms with Gasteiger partial charge < -0.3 is 15.0 Å². The van der Waals surface area contributed by atoms with Crippen LogP contribution in [0.1, 0.15) is 16.1 Å². The quantitative estimate of drug-likeness (QED) is 0.624. The number of aromatic nitrogens is 2. The highest BCUT2D eigenvalue weighted by atomic mass is 35.5. The van der Waals surface area contributed by atoms with Gasteiger partial charge in [0, 0.05) is 31.4 Å². The number of amides is 1. The van der Waals surface area contributed by atoms with E-state index in [-0.39, 0.29) is 22.8 Å². The fourth-order valence-corrected chi connectivity index (χ4v) is 2.73. The van der Waals surface area contributed by atoms with Gasteiger partial charge in [-0.05, 0) is 12.1 Å². The highest BCUT2D eigenvalue weighted by Gasteiger charge is 2.16. The number of benzene rings is 1. The molecule has 1 fully saturated rings. The summed E-state index contributed by atoms with van der Waals surface area (Å²) in [6.45, 7) is 2.88. The minimum absolute atomic E-state index is 0.0217. The number of rotatable bonds is 5. The van der Waals surface area contributed by atoms with Crippen molar-refractivity contribution in [2.24, 2.45) is 0 Å². The lowest BCUT2D eigenvalue weighted by atomic mass is 10.2. The van der Waals surface area contributed by atoms with E-state index in [0.717, 1.165) is 6.07 Å². The van der Waals surface area contributed by atoms with Crippen molar-refractivity contribution < 1.29 is 14.5 Å². The van der Waals surface area contributed by atoms with E-state index in [1.54, 1.807) is 12.3 Å². The van der Waals surface area contributed by atoms with E-state index in [4.69, 9.17) is 16.3 Å². The van der Waals surface area contributed by atoms with Crippen LogP contribution in [-0.4, -0.2) is 47.1 Å². The Morgan fingerprint density at radius 2 is 2.12 bits per heavy atom. The first kappa shape index (κ1) is 18.0. The Morgan fingerprint density at radius 1 is 1.35 bits per heavy atom. The zero-order valence-corrected chi connectivity index (χ0v) is 14.5. The first-order chi connectivity index (χ1) is 12.5. The molecule has 2 aromatic rings. The Kier molecular flexibility index (Phi) is 5.59. The van der Waals surface area contributed by atoms with Crippen LogP contribution in [-0.2, 0) is 11.3 Å². The van der Waals surface area contributed by atoms with Crippen LogP contribution in [0.3, 0.4) is 0 Å². The van der Waals surface area contributed by atoms with Crippen LogP contribution in [0.25, 0.3) is 0 Å². The predicted octanol–water partition coefficient (Wildman–Crippen LogP) is 1.80. The maximum Gasteiger partial charge on any atom is 0.270 e. The zero-order chi connectivity index (χ0) is 18.5. The smallest absolute Gasteiger partial charge is 0.270 e. The third-order valence-corrected chi connectivity index (χ3v) is 4.15. The molecule has 26 heavy (non-hydrogen) atoms. The molecule has 10 heteroatoms. The van der Waals surface area contributed by atoms with E-state index in [0.29, 0.717) is 37.9 Å². The monoisotopic (exact) mass is 377 g/mol. The van der Waals surface area contributed by atoms with Gasteiger partial charge >= 0.3 is 0 Å². The SMILES string of the molecule is O=C(NCc1ccnc(N2CCOCC2)n1)c1ccc([N+](=O)[O-])cc1Cl. The lowest BCUT2D eigenvalue weighted by Gasteiger charge is -2.26. The summed E-state index contributed by atoms with van der Waals surface area (Å²) >= 11 is 5.97. The number of carbonyl (C=O) groups excluding carboxylic acids is 1. The van der Waals surface area contributed by atoms with Crippen molar-refractivity contribution in [1.82, 2.24) is 15.3 Å². The Balaban J connectivity index is 1.65. The highest BCUT2D eigenvalue weighted by molar-refractivity contribution is 6.34. The second-order valence-electron chi connectivity index (χ2n) is 5.55. The highest BCUT2D eigenvalue weighted by Crippen LogP contribution is 2.22. The molecule has 0 spiro atoms. The zero-order valence-electron chi connectivity index (χ0n) is 13.7. The van der Waals surface area contributed by atoms with Crippen molar-refractivity contribution >= 4 is 29.1 Å². The molecule has 0 aliphatic carbocycles. The second-order valence-corrected chi connectivity index (χ2v) is 5.96. The van der Waals surface area contributed by atoms with Gasteiger partial charge in [-0.1, -0.05) is 11.6 Å². The second kappa shape index (κ2) is 8.07. The van der Waals surface area contributed by atoms with E-state index >= 15 is 0 Å². The number of anilines is 1. The summed E-state index contributed by atoms with van der Waals surface area (Å²) < 4.78 is 5.30. The topological polar surface area (TPSA) is 110 Å². The van der Waals surface area contributed by atoms with Crippen LogP contribution in [0.15, 0.2) is 30.5 Å². The standard InChI is InChI=1S/C16H16ClN5O4/c17-14-9-12(22(24)25)1-2-13(14)15(23)19-10-11-3-4-18-16(20-11)21-5-7-26-8-6-21/h1-4,9H,5-8,10H2,(H,19,23). The molecule has 0 saturated carbocycles. The number of non-ortho nitro benzene ring substituents is 1. The summed E-state index contributed by atoms with van der Waals surface area (Å²) in [6.07, 6.45) is 1.64. The number of halogens is 1.